The van der Waals surface area contributed by atoms with Crippen molar-refractivity contribution in [3.63, 3.8) is 0 Å². The molecule has 4 unspecified atom stereocenters. The van der Waals surface area contributed by atoms with E-state index in [-0.39, 0.29) is 36.7 Å². The summed E-state index contributed by atoms with van der Waals surface area (Å²) in [5, 5.41) is 16.9. The lowest BCUT2D eigenvalue weighted by molar-refractivity contribution is -0.158. The van der Waals surface area contributed by atoms with Crippen LogP contribution in [0.15, 0.2) is 24.3 Å². The van der Waals surface area contributed by atoms with Gasteiger partial charge in [0.2, 0.25) is 5.95 Å². The number of fused-ring (bicyclic) bond motifs is 2. The molecule has 2 fully saturated rings. The molecule has 5 rings (SSSR count). The van der Waals surface area contributed by atoms with Crippen molar-refractivity contribution in [3.05, 3.63) is 30.0 Å². The Hall–Kier alpha value is -2.47. The van der Waals surface area contributed by atoms with Crippen LogP contribution in [0.25, 0.3) is 20.8 Å². The van der Waals surface area contributed by atoms with E-state index in [9.17, 15) is 13.9 Å². The Morgan fingerprint density at radius 3 is 2.60 bits per heavy atom. The first-order chi connectivity index (χ1) is 16.8. The van der Waals surface area contributed by atoms with E-state index in [0.29, 0.717) is 17.9 Å². The zero-order valence-electron chi connectivity index (χ0n) is 19.8. The van der Waals surface area contributed by atoms with Crippen molar-refractivity contribution in [2.24, 2.45) is 5.92 Å². The van der Waals surface area contributed by atoms with Crippen molar-refractivity contribution in [1.29, 1.82) is 0 Å². The third-order valence-electron chi connectivity index (χ3n) is 6.44. The number of halogens is 2. The summed E-state index contributed by atoms with van der Waals surface area (Å²) in [5.74, 6) is -0.227. The smallest absolute Gasteiger partial charge is 0.225 e. The number of ether oxygens (including phenoxy) is 2. The van der Waals surface area contributed by atoms with Crippen LogP contribution in [0.1, 0.15) is 26.0 Å². The van der Waals surface area contributed by atoms with E-state index in [1.165, 1.54) is 11.3 Å². The van der Waals surface area contributed by atoms with Gasteiger partial charge in [0.15, 0.2) is 5.79 Å². The normalized spacial score (nSPS) is 25.3. The van der Waals surface area contributed by atoms with Crippen LogP contribution in [0.3, 0.4) is 0 Å². The molecule has 3 aromatic rings. The first-order valence-corrected chi connectivity index (χ1v) is 12.5. The van der Waals surface area contributed by atoms with E-state index in [1.54, 1.807) is 0 Å². The molecule has 3 heterocycles. The molecule has 0 bridgehead atoms. The molecule has 0 amide bonds. The number of aromatic nitrogens is 3. The lowest BCUT2D eigenvalue weighted by Crippen LogP contribution is -2.35. The van der Waals surface area contributed by atoms with Crippen LogP contribution >= 0.6 is 11.3 Å². The van der Waals surface area contributed by atoms with Crippen molar-refractivity contribution in [1.82, 2.24) is 15.0 Å². The van der Waals surface area contributed by atoms with Gasteiger partial charge in [0.1, 0.15) is 30.3 Å². The average molecular weight is 506 g/mol. The number of para-hydroxylation sites is 1. The molecule has 35 heavy (non-hydrogen) atoms. The minimum atomic E-state index is -1.03. The maximum Gasteiger partial charge on any atom is 0.225 e. The number of alkyl halides is 2. The molecular weight excluding hydrogens is 476 g/mol. The van der Waals surface area contributed by atoms with Gasteiger partial charge in [-0.1, -0.05) is 12.1 Å². The molecule has 1 aliphatic heterocycles. The van der Waals surface area contributed by atoms with Gasteiger partial charge in [0.05, 0.1) is 39.7 Å². The van der Waals surface area contributed by atoms with Crippen molar-refractivity contribution in [2.45, 2.75) is 57.3 Å². The third kappa shape index (κ3) is 4.69. The molecule has 0 spiro atoms. The van der Waals surface area contributed by atoms with Gasteiger partial charge in [-0.15, -0.1) is 11.3 Å². The fourth-order valence-electron chi connectivity index (χ4n) is 4.86. The summed E-state index contributed by atoms with van der Waals surface area (Å²) >= 11 is 1.52. The predicted molar refractivity (Wildman–Crippen MR) is 131 cm³/mol. The molecule has 4 atom stereocenters. The van der Waals surface area contributed by atoms with Crippen molar-refractivity contribution in [2.75, 3.05) is 30.6 Å². The number of aliphatic hydroxyl groups is 1. The second-order valence-electron chi connectivity index (χ2n) is 9.49. The average Bonchev–Trinajstić information content (AvgIpc) is 3.48. The van der Waals surface area contributed by atoms with Gasteiger partial charge >= 0.3 is 0 Å². The number of nitrogens with one attached hydrogen (secondary N) is 2. The number of rotatable bonds is 8. The third-order valence-corrected chi connectivity index (χ3v) is 7.50. The summed E-state index contributed by atoms with van der Waals surface area (Å²) in [6.45, 7) is 3.75. The Labute approximate surface area is 206 Å². The highest BCUT2D eigenvalue weighted by Gasteiger charge is 2.54. The topological polar surface area (TPSA) is 101 Å². The van der Waals surface area contributed by atoms with Crippen LogP contribution in [0.5, 0.6) is 0 Å². The number of anilines is 2. The number of hydrogen-bond acceptors (Lipinski definition) is 9. The van der Waals surface area contributed by atoms with Gasteiger partial charge in [-0.2, -0.15) is 4.98 Å². The first-order valence-electron chi connectivity index (χ1n) is 11.7. The Kier molecular flexibility index (Phi) is 6.60. The second kappa shape index (κ2) is 9.53. The number of nitrogens with zero attached hydrogens (tertiary/aromatic N) is 3. The molecule has 1 saturated carbocycles. The summed E-state index contributed by atoms with van der Waals surface area (Å²) < 4.78 is 39.7. The van der Waals surface area contributed by atoms with Gasteiger partial charge in [-0.3, -0.25) is 0 Å². The van der Waals surface area contributed by atoms with Gasteiger partial charge in [-0.25, -0.2) is 18.7 Å². The molecule has 2 aliphatic rings. The second-order valence-corrected chi connectivity index (χ2v) is 10.5. The summed E-state index contributed by atoms with van der Waals surface area (Å²) in [4.78, 5) is 13.9. The molecule has 3 N–H and O–H groups in total. The quantitative estimate of drug-likeness (QED) is 0.421. The van der Waals surface area contributed by atoms with Crippen molar-refractivity contribution >= 4 is 33.3 Å². The van der Waals surface area contributed by atoms with E-state index < -0.39 is 25.2 Å². The maximum absolute atomic E-state index is 13.2. The van der Waals surface area contributed by atoms with Crippen molar-refractivity contribution < 1.29 is 23.4 Å². The van der Waals surface area contributed by atoms with Crippen LogP contribution in [-0.2, 0) is 9.47 Å². The SMILES string of the molecule is Cc1nc(NC(CF)CF)nc(NC2CC(CO)C3OC(C)(C)OC23)c1-c1nc2ccccc2s1. The highest BCUT2D eigenvalue weighted by molar-refractivity contribution is 7.21. The monoisotopic (exact) mass is 505 g/mol. The summed E-state index contributed by atoms with van der Waals surface area (Å²) in [6.07, 6.45) is 0.0767. The Balaban J connectivity index is 1.55. The molecule has 1 saturated heterocycles. The van der Waals surface area contributed by atoms with Crippen molar-refractivity contribution in [3.8, 4) is 10.6 Å². The molecule has 0 radical (unpaired) electrons. The van der Waals surface area contributed by atoms with E-state index in [4.69, 9.17) is 14.5 Å². The Bertz CT molecular complexity index is 1170. The molecule has 1 aliphatic carbocycles. The highest BCUT2D eigenvalue weighted by Crippen LogP contribution is 2.44. The van der Waals surface area contributed by atoms with Crippen LogP contribution < -0.4 is 10.6 Å². The largest absolute Gasteiger partial charge is 0.396 e. The zero-order valence-corrected chi connectivity index (χ0v) is 20.6. The molecule has 11 heteroatoms. The zero-order chi connectivity index (χ0) is 24.7. The summed E-state index contributed by atoms with van der Waals surface area (Å²) in [7, 11) is 0. The van der Waals surface area contributed by atoms with E-state index in [0.717, 1.165) is 20.8 Å². The lowest BCUT2D eigenvalue weighted by atomic mass is 10.1. The molecule has 188 valence electrons. The van der Waals surface area contributed by atoms with Gasteiger partial charge < -0.3 is 25.2 Å². The van der Waals surface area contributed by atoms with Crippen LogP contribution in [0, 0.1) is 12.8 Å². The van der Waals surface area contributed by atoms with Gasteiger partial charge in [0.25, 0.3) is 0 Å². The number of aliphatic hydroxyl groups excluding tert-OH is 1. The lowest BCUT2D eigenvalue weighted by Gasteiger charge is -2.25. The number of aryl methyl sites for hydroxylation is 1. The molecule has 1 aromatic carbocycles. The first kappa shape index (κ1) is 24.2. The van der Waals surface area contributed by atoms with Crippen LogP contribution in [0.4, 0.5) is 20.5 Å². The Morgan fingerprint density at radius 1 is 1.14 bits per heavy atom. The summed E-state index contributed by atoms with van der Waals surface area (Å²) in [6, 6.07) is 6.61. The Morgan fingerprint density at radius 2 is 1.89 bits per heavy atom. The number of thiazole rings is 1. The highest BCUT2D eigenvalue weighted by atomic mass is 32.1. The van der Waals surface area contributed by atoms with Gasteiger partial charge in [-0.05, 0) is 39.3 Å². The van der Waals surface area contributed by atoms with E-state index in [1.807, 2.05) is 45.0 Å². The number of benzene rings is 1. The summed E-state index contributed by atoms with van der Waals surface area (Å²) in [5.41, 5.74) is 2.21. The van der Waals surface area contributed by atoms with Crippen LogP contribution in [0.2, 0.25) is 0 Å². The standard InChI is InChI=1S/C24H29F2N5O3S/c1-12-18(22-30-15-6-4-5-7-17(15)35-22)21(31-23(27-12)28-14(9-25)10-26)29-16-8-13(11-32)19-20(16)34-24(2,3)33-19/h4-7,13-14,16,19-20,32H,8-11H2,1-3H3,(H2,27,28,29,31). The van der Waals surface area contributed by atoms with Crippen LogP contribution in [-0.4, -0.2) is 70.1 Å². The molecule has 2 aromatic heterocycles. The molecular formula is C24H29F2N5O3S. The van der Waals surface area contributed by atoms with E-state index in [2.05, 4.69) is 20.6 Å². The molecule has 8 nitrogen and oxygen atoms in total. The van der Waals surface area contributed by atoms with E-state index >= 15 is 0 Å². The number of hydrogen-bond donors (Lipinski definition) is 3. The minimum absolute atomic E-state index is 0.0200. The fourth-order valence-corrected chi connectivity index (χ4v) is 5.92. The fraction of sp³-hybridized carbons (Fsp3) is 0.542. The van der Waals surface area contributed by atoms with Gasteiger partial charge in [0, 0.05) is 12.5 Å². The minimum Gasteiger partial charge on any atom is -0.396 e. The maximum atomic E-state index is 13.2. The predicted octanol–water partition coefficient (Wildman–Crippen LogP) is 4.09.